The van der Waals surface area contributed by atoms with Gasteiger partial charge < -0.3 is 15.4 Å². The van der Waals surface area contributed by atoms with Gasteiger partial charge >= 0.3 is 0 Å². The summed E-state index contributed by atoms with van der Waals surface area (Å²) in [7, 11) is 1.56. The highest BCUT2D eigenvalue weighted by atomic mass is 35.5. The number of ether oxygens (including phenoxy) is 1. The molecular weight excluding hydrogens is 364 g/mol. The second kappa shape index (κ2) is 9.00. The zero-order valence-corrected chi connectivity index (χ0v) is 15.5. The Morgan fingerprint density at radius 1 is 1.04 bits per heavy atom. The summed E-state index contributed by atoms with van der Waals surface area (Å²) >= 11 is 6.10. The Kier molecular flexibility index (Phi) is 6.22. The number of rotatable bonds is 7. The molecule has 0 saturated heterocycles. The summed E-state index contributed by atoms with van der Waals surface area (Å²) in [6.45, 7) is 0. The molecule has 0 aliphatic rings. The number of methoxy groups -OCH3 is 1. The molecule has 0 fully saturated rings. The molecule has 27 heavy (non-hydrogen) atoms. The number of hydrogen-bond donors (Lipinski definition) is 2. The van der Waals surface area contributed by atoms with Crippen LogP contribution in [0.2, 0.25) is 5.02 Å². The fourth-order valence-electron chi connectivity index (χ4n) is 2.47. The van der Waals surface area contributed by atoms with Gasteiger partial charge in [-0.3, -0.25) is 4.79 Å². The first-order valence-corrected chi connectivity index (χ1v) is 8.80. The number of halogens is 1. The molecule has 3 aromatic rings. The fourth-order valence-corrected chi connectivity index (χ4v) is 2.72. The molecule has 0 atom stereocenters. The molecular formula is C20H19ClN4O2. The van der Waals surface area contributed by atoms with Gasteiger partial charge in [-0.25, -0.2) is 0 Å². The minimum atomic E-state index is -0.101. The van der Waals surface area contributed by atoms with Crippen LogP contribution in [-0.4, -0.2) is 23.2 Å². The van der Waals surface area contributed by atoms with Crippen LogP contribution in [0.15, 0.2) is 60.7 Å². The second-order valence-electron chi connectivity index (χ2n) is 5.81. The standard InChI is InChI=1S/C20H19ClN4O2/c1-27-17-9-8-15(13-16(17)21)22-18-10-11-19(25-24-18)23-20(26)12-7-14-5-3-2-4-6-14/h2-6,8-11,13H,7,12H2,1H3,(H,22,24)(H,23,25,26). The van der Waals surface area contributed by atoms with E-state index in [2.05, 4.69) is 20.8 Å². The Morgan fingerprint density at radius 3 is 2.44 bits per heavy atom. The topological polar surface area (TPSA) is 76.1 Å². The van der Waals surface area contributed by atoms with E-state index in [0.717, 1.165) is 11.3 Å². The van der Waals surface area contributed by atoms with Crippen molar-refractivity contribution in [2.45, 2.75) is 12.8 Å². The molecule has 138 valence electrons. The molecule has 1 aromatic heterocycles. The van der Waals surface area contributed by atoms with Crippen LogP contribution in [-0.2, 0) is 11.2 Å². The van der Waals surface area contributed by atoms with Gasteiger partial charge in [0.2, 0.25) is 5.91 Å². The van der Waals surface area contributed by atoms with E-state index in [1.54, 1.807) is 31.4 Å². The highest BCUT2D eigenvalue weighted by Gasteiger charge is 2.06. The molecule has 2 N–H and O–H groups in total. The summed E-state index contributed by atoms with van der Waals surface area (Å²) in [6.07, 6.45) is 1.06. The van der Waals surface area contributed by atoms with Crippen molar-refractivity contribution in [3.63, 3.8) is 0 Å². The molecule has 0 radical (unpaired) electrons. The predicted molar refractivity (Wildman–Crippen MR) is 107 cm³/mol. The summed E-state index contributed by atoms with van der Waals surface area (Å²) in [6, 6.07) is 18.6. The van der Waals surface area contributed by atoms with Gasteiger partial charge in [-0.15, -0.1) is 10.2 Å². The van der Waals surface area contributed by atoms with Gasteiger partial charge in [0.05, 0.1) is 12.1 Å². The number of anilines is 3. The fraction of sp³-hybridized carbons (Fsp3) is 0.150. The Bertz CT molecular complexity index is 902. The van der Waals surface area contributed by atoms with Crippen LogP contribution in [0.4, 0.5) is 17.3 Å². The van der Waals surface area contributed by atoms with Gasteiger partial charge in [-0.1, -0.05) is 41.9 Å². The number of carbonyl (C=O) groups excluding carboxylic acids is 1. The van der Waals surface area contributed by atoms with Crippen molar-refractivity contribution < 1.29 is 9.53 Å². The lowest BCUT2D eigenvalue weighted by Crippen LogP contribution is -2.14. The van der Waals surface area contributed by atoms with Crippen LogP contribution in [0.25, 0.3) is 0 Å². The normalized spacial score (nSPS) is 10.3. The smallest absolute Gasteiger partial charge is 0.225 e. The van der Waals surface area contributed by atoms with Crippen molar-refractivity contribution >= 4 is 34.8 Å². The third-order valence-corrected chi connectivity index (χ3v) is 4.14. The molecule has 3 rings (SSSR count). The van der Waals surface area contributed by atoms with Crippen molar-refractivity contribution in [2.75, 3.05) is 17.7 Å². The average Bonchev–Trinajstić information content (AvgIpc) is 2.69. The zero-order valence-electron chi connectivity index (χ0n) is 14.8. The van der Waals surface area contributed by atoms with Crippen molar-refractivity contribution in [1.29, 1.82) is 0 Å². The van der Waals surface area contributed by atoms with Gasteiger partial charge in [-0.2, -0.15) is 0 Å². The van der Waals surface area contributed by atoms with Crippen LogP contribution < -0.4 is 15.4 Å². The predicted octanol–water partition coefficient (Wildman–Crippen LogP) is 4.45. The lowest BCUT2D eigenvalue weighted by molar-refractivity contribution is -0.116. The third kappa shape index (κ3) is 5.43. The van der Waals surface area contributed by atoms with E-state index >= 15 is 0 Å². The Labute approximate surface area is 162 Å². The maximum Gasteiger partial charge on any atom is 0.225 e. The summed E-state index contributed by atoms with van der Waals surface area (Å²) in [5.74, 6) is 1.45. The minimum Gasteiger partial charge on any atom is -0.495 e. The summed E-state index contributed by atoms with van der Waals surface area (Å²) < 4.78 is 5.12. The minimum absolute atomic E-state index is 0.101. The maximum absolute atomic E-state index is 12.0. The molecule has 1 heterocycles. The van der Waals surface area contributed by atoms with E-state index in [4.69, 9.17) is 16.3 Å². The van der Waals surface area contributed by atoms with Crippen molar-refractivity contribution in [3.8, 4) is 5.75 Å². The van der Waals surface area contributed by atoms with E-state index in [1.807, 2.05) is 36.4 Å². The number of hydrogen-bond acceptors (Lipinski definition) is 5. The number of aryl methyl sites for hydroxylation is 1. The summed E-state index contributed by atoms with van der Waals surface area (Å²) in [5.41, 5.74) is 1.88. The average molecular weight is 383 g/mol. The summed E-state index contributed by atoms with van der Waals surface area (Å²) in [5, 5.41) is 14.4. The van der Waals surface area contributed by atoms with Crippen LogP contribution in [0.3, 0.4) is 0 Å². The van der Waals surface area contributed by atoms with Crippen LogP contribution in [0, 0.1) is 0 Å². The van der Waals surface area contributed by atoms with Gasteiger partial charge in [-0.05, 0) is 42.3 Å². The lowest BCUT2D eigenvalue weighted by atomic mass is 10.1. The monoisotopic (exact) mass is 382 g/mol. The van der Waals surface area contributed by atoms with Gasteiger partial charge in [0.25, 0.3) is 0 Å². The number of nitrogens with zero attached hydrogens (tertiary/aromatic N) is 2. The largest absolute Gasteiger partial charge is 0.495 e. The SMILES string of the molecule is COc1ccc(Nc2ccc(NC(=O)CCc3ccccc3)nn2)cc1Cl. The van der Waals surface area contributed by atoms with E-state index in [0.29, 0.717) is 35.2 Å². The van der Waals surface area contributed by atoms with Crippen molar-refractivity contribution in [3.05, 3.63) is 71.2 Å². The van der Waals surface area contributed by atoms with E-state index in [9.17, 15) is 4.79 Å². The van der Waals surface area contributed by atoms with Crippen LogP contribution in [0.5, 0.6) is 5.75 Å². The first-order valence-electron chi connectivity index (χ1n) is 8.42. The Hall–Kier alpha value is -3.12. The molecule has 0 aliphatic carbocycles. The molecule has 0 bridgehead atoms. The number of benzene rings is 2. The molecule has 0 aliphatic heterocycles. The first kappa shape index (κ1) is 18.7. The first-order chi connectivity index (χ1) is 13.1. The number of carbonyl (C=O) groups is 1. The van der Waals surface area contributed by atoms with Gasteiger partial charge in [0, 0.05) is 12.1 Å². The summed E-state index contributed by atoms with van der Waals surface area (Å²) in [4.78, 5) is 12.0. The molecule has 2 aromatic carbocycles. The van der Waals surface area contributed by atoms with E-state index < -0.39 is 0 Å². The molecule has 7 heteroatoms. The quantitative estimate of drug-likeness (QED) is 0.631. The Balaban J connectivity index is 1.53. The molecule has 0 saturated carbocycles. The Morgan fingerprint density at radius 2 is 1.78 bits per heavy atom. The number of nitrogens with one attached hydrogen (secondary N) is 2. The third-order valence-electron chi connectivity index (χ3n) is 3.84. The molecule has 0 spiro atoms. The second-order valence-corrected chi connectivity index (χ2v) is 6.22. The lowest BCUT2D eigenvalue weighted by Gasteiger charge is -2.09. The molecule has 1 amide bonds. The van der Waals surface area contributed by atoms with Gasteiger partial charge in [0.1, 0.15) is 5.75 Å². The number of aromatic nitrogens is 2. The van der Waals surface area contributed by atoms with Crippen LogP contribution in [0.1, 0.15) is 12.0 Å². The molecule has 0 unspecified atom stereocenters. The zero-order chi connectivity index (χ0) is 19.1. The maximum atomic E-state index is 12.0. The van der Waals surface area contributed by atoms with E-state index in [-0.39, 0.29) is 5.91 Å². The molecule has 6 nitrogen and oxygen atoms in total. The van der Waals surface area contributed by atoms with E-state index in [1.165, 1.54) is 0 Å². The highest BCUT2D eigenvalue weighted by Crippen LogP contribution is 2.28. The highest BCUT2D eigenvalue weighted by molar-refractivity contribution is 6.32. The number of amides is 1. The van der Waals surface area contributed by atoms with Gasteiger partial charge in [0.15, 0.2) is 11.6 Å². The van der Waals surface area contributed by atoms with Crippen molar-refractivity contribution in [2.24, 2.45) is 0 Å². The van der Waals surface area contributed by atoms with Crippen LogP contribution >= 0.6 is 11.6 Å². The van der Waals surface area contributed by atoms with Crippen molar-refractivity contribution in [1.82, 2.24) is 10.2 Å².